The van der Waals surface area contributed by atoms with Crippen molar-refractivity contribution in [1.29, 1.82) is 0 Å². The van der Waals surface area contributed by atoms with Crippen LogP contribution in [0.1, 0.15) is 48.0 Å². The molecule has 0 aliphatic rings. The number of nitrogens with one attached hydrogen (secondary N) is 1. The number of esters is 1. The highest BCUT2D eigenvalue weighted by atomic mass is 16.5. The van der Waals surface area contributed by atoms with Gasteiger partial charge in [0.2, 0.25) is 0 Å². The highest BCUT2D eigenvalue weighted by molar-refractivity contribution is 5.72. The van der Waals surface area contributed by atoms with E-state index in [-0.39, 0.29) is 17.3 Å². The van der Waals surface area contributed by atoms with E-state index in [4.69, 9.17) is 4.74 Å². The lowest BCUT2D eigenvalue weighted by Gasteiger charge is -2.28. The summed E-state index contributed by atoms with van der Waals surface area (Å²) in [6.07, 6.45) is 1.19. The molecule has 3 heteroatoms. The SMILES string of the molecule is COC(=O)C(CNCC(C)(C)CC(C)C)C(C)C. The van der Waals surface area contributed by atoms with Crippen LogP contribution in [-0.4, -0.2) is 26.2 Å². The number of carbonyl (C=O) groups excluding carboxylic acids is 1. The van der Waals surface area contributed by atoms with Crippen molar-refractivity contribution in [1.82, 2.24) is 5.32 Å². The van der Waals surface area contributed by atoms with Crippen molar-refractivity contribution in [3.8, 4) is 0 Å². The van der Waals surface area contributed by atoms with Gasteiger partial charge in [-0.25, -0.2) is 0 Å². The average molecular weight is 257 g/mol. The second-order valence-electron chi connectivity index (χ2n) is 6.77. The standard InChI is InChI=1S/C15H31NO2/c1-11(2)8-15(5,6)10-16-9-13(12(3)4)14(17)18-7/h11-13,16H,8-10H2,1-7H3. The molecule has 0 saturated heterocycles. The lowest BCUT2D eigenvalue weighted by Crippen LogP contribution is -2.38. The summed E-state index contributed by atoms with van der Waals surface area (Å²) >= 11 is 0. The first-order chi connectivity index (χ1) is 8.19. The number of ether oxygens (including phenoxy) is 1. The molecule has 1 N–H and O–H groups in total. The van der Waals surface area contributed by atoms with E-state index in [1.807, 2.05) is 0 Å². The monoisotopic (exact) mass is 257 g/mol. The molecule has 0 aliphatic carbocycles. The van der Waals surface area contributed by atoms with E-state index < -0.39 is 0 Å². The van der Waals surface area contributed by atoms with Crippen LogP contribution in [0.3, 0.4) is 0 Å². The molecule has 0 bridgehead atoms. The van der Waals surface area contributed by atoms with E-state index in [1.165, 1.54) is 13.5 Å². The first-order valence-corrected chi connectivity index (χ1v) is 6.98. The second kappa shape index (κ2) is 7.78. The van der Waals surface area contributed by atoms with Crippen LogP contribution in [0.25, 0.3) is 0 Å². The molecule has 0 aromatic carbocycles. The first kappa shape index (κ1) is 17.4. The fourth-order valence-corrected chi connectivity index (χ4v) is 2.49. The third-order valence-corrected chi connectivity index (χ3v) is 3.24. The van der Waals surface area contributed by atoms with Crippen molar-refractivity contribution >= 4 is 5.97 Å². The van der Waals surface area contributed by atoms with Crippen molar-refractivity contribution in [2.24, 2.45) is 23.2 Å². The number of hydrogen-bond acceptors (Lipinski definition) is 3. The zero-order valence-electron chi connectivity index (χ0n) is 13.2. The largest absolute Gasteiger partial charge is 0.469 e. The van der Waals surface area contributed by atoms with Gasteiger partial charge in [-0.15, -0.1) is 0 Å². The number of hydrogen-bond donors (Lipinski definition) is 1. The maximum Gasteiger partial charge on any atom is 0.310 e. The Morgan fingerprint density at radius 1 is 1.22 bits per heavy atom. The smallest absolute Gasteiger partial charge is 0.310 e. The molecule has 0 amide bonds. The van der Waals surface area contributed by atoms with Crippen molar-refractivity contribution < 1.29 is 9.53 Å². The Hall–Kier alpha value is -0.570. The van der Waals surface area contributed by atoms with Gasteiger partial charge in [0.1, 0.15) is 0 Å². The van der Waals surface area contributed by atoms with Crippen LogP contribution >= 0.6 is 0 Å². The maximum absolute atomic E-state index is 11.6. The van der Waals surface area contributed by atoms with Crippen LogP contribution in [0.15, 0.2) is 0 Å². The van der Waals surface area contributed by atoms with Crippen LogP contribution in [0.5, 0.6) is 0 Å². The van der Waals surface area contributed by atoms with Gasteiger partial charge in [0.25, 0.3) is 0 Å². The molecule has 0 fully saturated rings. The zero-order valence-corrected chi connectivity index (χ0v) is 13.2. The molecule has 0 rings (SSSR count). The fraction of sp³-hybridized carbons (Fsp3) is 0.933. The second-order valence-corrected chi connectivity index (χ2v) is 6.77. The van der Waals surface area contributed by atoms with Crippen molar-refractivity contribution in [2.75, 3.05) is 20.2 Å². The number of carbonyl (C=O) groups is 1. The van der Waals surface area contributed by atoms with Gasteiger partial charge in [-0.2, -0.15) is 0 Å². The summed E-state index contributed by atoms with van der Waals surface area (Å²) in [5.41, 5.74) is 0.270. The molecule has 1 atom stereocenters. The molecule has 0 spiro atoms. The zero-order chi connectivity index (χ0) is 14.3. The minimum atomic E-state index is -0.112. The minimum absolute atomic E-state index is 0.0511. The van der Waals surface area contributed by atoms with Gasteiger partial charge in [-0.3, -0.25) is 4.79 Å². The maximum atomic E-state index is 11.6. The van der Waals surface area contributed by atoms with Crippen LogP contribution in [0.2, 0.25) is 0 Å². The van der Waals surface area contributed by atoms with Gasteiger partial charge in [0.05, 0.1) is 13.0 Å². The molecule has 0 aromatic rings. The Morgan fingerprint density at radius 2 is 1.78 bits per heavy atom. The Labute approximate surface area is 113 Å². The van der Waals surface area contributed by atoms with Crippen LogP contribution in [-0.2, 0) is 9.53 Å². The molecule has 0 aliphatic heterocycles. The molecule has 0 heterocycles. The average Bonchev–Trinajstić information content (AvgIpc) is 2.21. The van der Waals surface area contributed by atoms with E-state index in [2.05, 4.69) is 46.9 Å². The molecule has 0 radical (unpaired) electrons. The molecule has 0 aromatic heterocycles. The van der Waals surface area contributed by atoms with Gasteiger partial charge < -0.3 is 10.1 Å². The van der Waals surface area contributed by atoms with Crippen molar-refractivity contribution in [2.45, 2.75) is 48.0 Å². The van der Waals surface area contributed by atoms with Gasteiger partial charge in [-0.1, -0.05) is 41.5 Å². The van der Waals surface area contributed by atoms with Gasteiger partial charge in [0, 0.05) is 13.1 Å². The first-order valence-electron chi connectivity index (χ1n) is 6.98. The van der Waals surface area contributed by atoms with E-state index in [1.54, 1.807) is 0 Å². The predicted molar refractivity (Wildman–Crippen MR) is 76.4 cm³/mol. The Bertz CT molecular complexity index is 247. The third kappa shape index (κ3) is 7.00. The Morgan fingerprint density at radius 3 is 2.17 bits per heavy atom. The highest BCUT2D eigenvalue weighted by Crippen LogP contribution is 2.24. The Balaban J connectivity index is 4.18. The quantitative estimate of drug-likeness (QED) is 0.679. The van der Waals surface area contributed by atoms with Gasteiger partial charge in [0.15, 0.2) is 0 Å². The van der Waals surface area contributed by atoms with Crippen molar-refractivity contribution in [3.05, 3.63) is 0 Å². The number of methoxy groups -OCH3 is 1. The van der Waals surface area contributed by atoms with Gasteiger partial charge >= 0.3 is 5.97 Å². The van der Waals surface area contributed by atoms with Crippen molar-refractivity contribution in [3.63, 3.8) is 0 Å². The van der Waals surface area contributed by atoms with Gasteiger partial charge in [-0.05, 0) is 23.7 Å². The van der Waals surface area contributed by atoms with Crippen LogP contribution in [0, 0.1) is 23.2 Å². The van der Waals surface area contributed by atoms with Crippen LogP contribution < -0.4 is 5.32 Å². The summed E-state index contributed by atoms with van der Waals surface area (Å²) in [7, 11) is 1.46. The highest BCUT2D eigenvalue weighted by Gasteiger charge is 2.24. The number of rotatable bonds is 8. The summed E-state index contributed by atoms with van der Waals surface area (Å²) in [5.74, 6) is 0.838. The molecule has 18 heavy (non-hydrogen) atoms. The minimum Gasteiger partial charge on any atom is -0.469 e. The summed E-state index contributed by atoms with van der Waals surface area (Å²) in [6.45, 7) is 14.8. The summed E-state index contributed by atoms with van der Waals surface area (Å²) in [5, 5.41) is 3.43. The fourth-order valence-electron chi connectivity index (χ4n) is 2.49. The van der Waals surface area contributed by atoms with E-state index in [0.29, 0.717) is 18.4 Å². The summed E-state index contributed by atoms with van der Waals surface area (Å²) < 4.78 is 4.84. The van der Waals surface area contributed by atoms with Crippen LogP contribution in [0.4, 0.5) is 0 Å². The molecular formula is C15H31NO2. The molecule has 3 nitrogen and oxygen atoms in total. The third-order valence-electron chi connectivity index (χ3n) is 3.24. The van der Waals surface area contributed by atoms with E-state index in [0.717, 1.165) is 6.54 Å². The summed E-state index contributed by atoms with van der Waals surface area (Å²) in [4.78, 5) is 11.6. The lowest BCUT2D eigenvalue weighted by molar-refractivity contribution is -0.146. The van der Waals surface area contributed by atoms with E-state index in [9.17, 15) is 4.79 Å². The molecule has 0 saturated carbocycles. The molecular weight excluding hydrogens is 226 g/mol. The lowest BCUT2D eigenvalue weighted by atomic mass is 9.83. The topological polar surface area (TPSA) is 38.3 Å². The molecule has 1 unspecified atom stereocenters. The Kier molecular flexibility index (Phi) is 7.53. The predicted octanol–water partition coefficient (Wildman–Crippen LogP) is 3.09. The summed E-state index contributed by atoms with van der Waals surface area (Å²) in [6, 6.07) is 0. The molecule has 108 valence electrons. The van der Waals surface area contributed by atoms with E-state index >= 15 is 0 Å². The normalized spacial score (nSPS) is 14.1.